The highest BCUT2D eigenvalue weighted by Gasteiger charge is 2.35. The van der Waals surface area contributed by atoms with Crippen LogP contribution in [0.3, 0.4) is 0 Å². The van der Waals surface area contributed by atoms with E-state index in [0.717, 1.165) is 0 Å². The fraction of sp³-hybridized carbons (Fsp3) is 0.333. The number of nitrogens with two attached hydrogens (primary N) is 1. The molecule has 1 aromatic heterocycles. The van der Waals surface area contributed by atoms with E-state index in [9.17, 15) is 13.2 Å². The molecule has 0 spiro atoms. The highest BCUT2D eigenvalue weighted by atomic mass is 19.4. The van der Waals surface area contributed by atoms with Crippen molar-refractivity contribution in [1.82, 2.24) is 15.2 Å². The Labute approximate surface area is 58.8 Å². The van der Waals surface area contributed by atoms with Gasteiger partial charge in [-0.15, -0.1) is 5.10 Å². The number of rotatable bonds is 1. The minimum absolute atomic E-state index is 0.294. The van der Waals surface area contributed by atoms with Gasteiger partial charge in [0.1, 0.15) is 0 Å². The highest BCUT2D eigenvalue weighted by molar-refractivity contribution is 5.20. The number of hydrogen-bond donors (Lipinski definition) is 3. The van der Waals surface area contributed by atoms with Crippen LogP contribution >= 0.6 is 0 Å². The molecule has 0 saturated carbocycles. The first-order chi connectivity index (χ1) is 5.04. The summed E-state index contributed by atoms with van der Waals surface area (Å²) in [6.07, 6.45) is -4.51. The highest BCUT2D eigenvalue weighted by Crippen LogP contribution is 2.25. The van der Waals surface area contributed by atoms with Gasteiger partial charge >= 0.3 is 6.18 Å². The van der Waals surface area contributed by atoms with Crippen LogP contribution in [0.25, 0.3) is 0 Å². The van der Waals surface area contributed by atoms with Gasteiger partial charge in [-0.1, -0.05) is 0 Å². The van der Waals surface area contributed by atoms with Crippen LogP contribution in [0, 0.1) is 0 Å². The Balaban J connectivity index is 2.89. The lowest BCUT2D eigenvalue weighted by molar-refractivity contribution is -0.144. The van der Waals surface area contributed by atoms with E-state index in [4.69, 9.17) is 5.84 Å². The van der Waals surface area contributed by atoms with Crippen LogP contribution in [0.5, 0.6) is 0 Å². The molecule has 0 bridgehead atoms. The van der Waals surface area contributed by atoms with Gasteiger partial charge in [-0.2, -0.15) is 18.2 Å². The molecule has 0 unspecified atom stereocenters. The molecule has 0 saturated heterocycles. The first-order valence-corrected chi connectivity index (χ1v) is 2.50. The standard InChI is InChI=1S/C3H4F3N5/c4-3(5,6)1-8-2(9-7)11-10-1/h7H2,(H2,8,9,10,11). The monoisotopic (exact) mass is 167 g/mol. The molecule has 0 amide bonds. The van der Waals surface area contributed by atoms with Crippen molar-refractivity contribution >= 4 is 5.95 Å². The zero-order valence-corrected chi connectivity index (χ0v) is 5.11. The number of nitrogen functional groups attached to an aromatic ring is 1. The van der Waals surface area contributed by atoms with Gasteiger partial charge < -0.3 is 0 Å². The largest absolute Gasteiger partial charge is 0.451 e. The Hall–Kier alpha value is -1.31. The molecule has 8 heteroatoms. The maximum atomic E-state index is 11.7. The lowest BCUT2D eigenvalue weighted by Crippen LogP contribution is -2.10. The second-order valence-corrected chi connectivity index (χ2v) is 1.65. The quantitative estimate of drug-likeness (QED) is 0.409. The van der Waals surface area contributed by atoms with Crippen LogP contribution in [0.2, 0.25) is 0 Å². The summed E-state index contributed by atoms with van der Waals surface area (Å²) in [7, 11) is 0. The average Bonchev–Trinajstić information content (AvgIpc) is 2.32. The molecule has 1 rings (SSSR count). The summed E-state index contributed by atoms with van der Waals surface area (Å²) in [4.78, 5) is 2.97. The van der Waals surface area contributed by atoms with Crippen LogP contribution in [0.1, 0.15) is 5.82 Å². The fourth-order valence-electron chi connectivity index (χ4n) is 0.453. The predicted octanol–water partition coefficient (Wildman–Crippen LogP) is 0.109. The van der Waals surface area contributed by atoms with Crippen molar-refractivity contribution in [2.24, 2.45) is 5.84 Å². The van der Waals surface area contributed by atoms with Crippen LogP contribution in [0.4, 0.5) is 19.1 Å². The summed E-state index contributed by atoms with van der Waals surface area (Å²) in [6, 6.07) is 0. The molecule has 4 N–H and O–H groups in total. The van der Waals surface area contributed by atoms with E-state index < -0.39 is 12.0 Å². The van der Waals surface area contributed by atoms with Gasteiger partial charge in [0.15, 0.2) is 0 Å². The normalized spacial score (nSPS) is 11.6. The van der Waals surface area contributed by atoms with E-state index >= 15 is 0 Å². The SMILES string of the molecule is NNc1n[nH]c(C(F)(F)F)n1. The Morgan fingerprint density at radius 2 is 2.09 bits per heavy atom. The number of alkyl halides is 3. The maximum absolute atomic E-state index is 11.7. The van der Waals surface area contributed by atoms with Crippen LogP contribution in [-0.4, -0.2) is 15.2 Å². The molecule has 11 heavy (non-hydrogen) atoms. The van der Waals surface area contributed by atoms with Crippen molar-refractivity contribution in [3.05, 3.63) is 5.82 Å². The van der Waals surface area contributed by atoms with Gasteiger partial charge in [-0.05, 0) is 0 Å². The van der Waals surface area contributed by atoms with Gasteiger partial charge in [0.05, 0.1) is 0 Å². The zero-order chi connectivity index (χ0) is 8.48. The molecule has 0 fully saturated rings. The van der Waals surface area contributed by atoms with Crippen molar-refractivity contribution in [2.75, 3.05) is 5.43 Å². The first-order valence-electron chi connectivity index (χ1n) is 2.50. The summed E-state index contributed by atoms with van der Waals surface area (Å²) in [5, 5.41) is 4.78. The number of anilines is 1. The molecule has 0 radical (unpaired) electrons. The molecule has 62 valence electrons. The fourth-order valence-corrected chi connectivity index (χ4v) is 0.453. The molecular formula is C3H4F3N5. The van der Waals surface area contributed by atoms with Crippen molar-refractivity contribution in [3.63, 3.8) is 0 Å². The second-order valence-electron chi connectivity index (χ2n) is 1.65. The molecule has 5 nitrogen and oxygen atoms in total. The number of nitrogens with one attached hydrogen (secondary N) is 2. The Bertz CT molecular complexity index is 239. The van der Waals surface area contributed by atoms with Crippen LogP contribution in [-0.2, 0) is 6.18 Å². The number of aromatic nitrogens is 3. The number of hydrogen-bond acceptors (Lipinski definition) is 4. The number of aromatic amines is 1. The van der Waals surface area contributed by atoms with Gasteiger partial charge in [0, 0.05) is 0 Å². The second kappa shape index (κ2) is 2.38. The van der Waals surface area contributed by atoms with E-state index in [2.05, 4.69) is 10.1 Å². The summed E-state index contributed by atoms with van der Waals surface area (Å²) in [5.41, 5.74) is 1.87. The smallest absolute Gasteiger partial charge is 0.291 e. The molecule has 0 aliphatic carbocycles. The third kappa shape index (κ3) is 1.58. The van der Waals surface area contributed by atoms with Crippen molar-refractivity contribution in [1.29, 1.82) is 0 Å². The van der Waals surface area contributed by atoms with Gasteiger partial charge in [0.25, 0.3) is 5.95 Å². The summed E-state index contributed by atoms with van der Waals surface area (Å²) < 4.78 is 35.2. The van der Waals surface area contributed by atoms with Gasteiger partial charge in [0.2, 0.25) is 5.82 Å². The Kier molecular flexibility index (Phi) is 1.69. The van der Waals surface area contributed by atoms with Crippen molar-refractivity contribution in [2.45, 2.75) is 6.18 Å². The Morgan fingerprint density at radius 1 is 1.45 bits per heavy atom. The van der Waals surface area contributed by atoms with E-state index in [0.29, 0.717) is 0 Å². The van der Waals surface area contributed by atoms with E-state index in [1.807, 2.05) is 5.43 Å². The molecule has 0 atom stereocenters. The van der Waals surface area contributed by atoms with Gasteiger partial charge in [-0.3, -0.25) is 10.5 Å². The third-order valence-electron chi connectivity index (χ3n) is 0.883. The van der Waals surface area contributed by atoms with Crippen LogP contribution in [0.15, 0.2) is 0 Å². The lowest BCUT2D eigenvalue weighted by atomic mass is 10.6. The molecule has 0 aliphatic heterocycles. The number of halogens is 3. The van der Waals surface area contributed by atoms with E-state index in [1.165, 1.54) is 0 Å². The molecule has 1 aromatic rings. The third-order valence-corrected chi connectivity index (χ3v) is 0.883. The Morgan fingerprint density at radius 3 is 2.36 bits per heavy atom. The number of nitrogens with zero attached hydrogens (tertiary/aromatic N) is 2. The van der Waals surface area contributed by atoms with Crippen molar-refractivity contribution in [3.8, 4) is 0 Å². The van der Waals surface area contributed by atoms with Crippen molar-refractivity contribution < 1.29 is 13.2 Å². The predicted molar refractivity (Wildman–Crippen MR) is 29.2 cm³/mol. The van der Waals surface area contributed by atoms with E-state index in [1.54, 1.807) is 5.10 Å². The minimum atomic E-state index is -4.51. The molecular weight excluding hydrogens is 163 g/mol. The lowest BCUT2D eigenvalue weighted by Gasteiger charge is -1.97. The summed E-state index contributed by atoms with van der Waals surface area (Å²) in [6.45, 7) is 0. The average molecular weight is 167 g/mol. The minimum Gasteiger partial charge on any atom is -0.291 e. The molecule has 0 aromatic carbocycles. The van der Waals surface area contributed by atoms with E-state index in [-0.39, 0.29) is 5.95 Å². The summed E-state index contributed by atoms with van der Waals surface area (Å²) >= 11 is 0. The van der Waals surface area contributed by atoms with Crippen LogP contribution < -0.4 is 11.3 Å². The number of hydrazine groups is 1. The summed E-state index contributed by atoms with van der Waals surface area (Å²) in [5.74, 6) is 3.27. The van der Waals surface area contributed by atoms with Gasteiger partial charge in [-0.25, -0.2) is 5.84 Å². The number of H-pyrrole nitrogens is 1. The first kappa shape index (κ1) is 7.79. The topological polar surface area (TPSA) is 79.6 Å². The maximum Gasteiger partial charge on any atom is 0.451 e. The molecule has 1 heterocycles. The zero-order valence-electron chi connectivity index (χ0n) is 5.11. The molecule has 0 aliphatic rings.